The van der Waals surface area contributed by atoms with E-state index in [0.717, 1.165) is 5.56 Å². The lowest BCUT2D eigenvalue weighted by Crippen LogP contribution is -2.26. The molecule has 1 aromatic carbocycles. The van der Waals surface area contributed by atoms with E-state index in [0.29, 0.717) is 6.54 Å². The fourth-order valence-corrected chi connectivity index (χ4v) is 1.22. The van der Waals surface area contributed by atoms with Crippen LogP contribution >= 0.6 is 0 Å². The second-order valence-electron chi connectivity index (χ2n) is 3.42. The number of ether oxygens (including phenoxy) is 1. The highest BCUT2D eigenvalue weighted by Crippen LogP contribution is 2.09. The molecule has 92 valence electrons. The number of phenols is 1. The van der Waals surface area contributed by atoms with Gasteiger partial charge < -0.3 is 15.2 Å². The molecule has 5 nitrogen and oxygen atoms in total. The molecule has 0 radical (unpaired) electrons. The molecule has 1 amide bonds. The number of hydrogen-bond donors (Lipinski definition) is 2. The third-order valence-electron chi connectivity index (χ3n) is 2.04. The van der Waals surface area contributed by atoms with Gasteiger partial charge in [0.05, 0.1) is 6.61 Å². The summed E-state index contributed by atoms with van der Waals surface area (Å²) in [6.07, 6.45) is -0.272. The van der Waals surface area contributed by atoms with E-state index in [-0.39, 0.29) is 24.7 Å². The van der Waals surface area contributed by atoms with Crippen LogP contribution in [0.4, 0.5) is 0 Å². The number of aromatic hydroxyl groups is 1. The summed E-state index contributed by atoms with van der Waals surface area (Å²) in [5.74, 6) is -0.737. The van der Waals surface area contributed by atoms with Crippen LogP contribution in [0.15, 0.2) is 24.3 Å². The van der Waals surface area contributed by atoms with Gasteiger partial charge in [-0.2, -0.15) is 0 Å². The zero-order valence-corrected chi connectivity index (χ0v) is 9.60. The molecule has 1 aromatic rings. The maximum Gasteiger partial charge on any atom is 0.315 e. The molecule has 0 spiro atoms. The van der Waals surface area contributed by atoms with E-state index in [1.165, 1.54) is 12.1 Å². The van der Waals surface area contributed by atoms with E-state index in [9.17, 15) is 9.59 Å². The van der Waals surface area contributed by atoms with E-state index < -0.39 is 5.97 Å². The lowest BCUT2D eigenvalue weighted by atomic mass is 10.2. The second-order valence-corrected chi connectivity index (χ2v) is 3.42. The minimum atomic E-state index is -0.532. The molecule has 1 rings (SSSR count). The summed E-state index contributed by atoms with van der Waals surface area (Å²) >= 11 is 0. The fourth-order valence-electron chi connectivity index (χ4n) is 1.22. The number of esters is 1. The molecule has 0 bridgehead atoms. The Kier molecular flexibility index (Phi) is 5.00. The molecule has 0 fully saturated rings. The molecule has 0 saturated carbocycles. The summed E-state index contributed by atoms with van der Waals surface area (Å²) in [6.45, 7) is 2.27. The van der Waals surface area contributed by atoms with Crippen LogP contribution in [0.5, 0.6) is 5.75 Å². The molecule has 0 aliphatic carbocycles. The maximum absolute atomic E-state index is 11.3. The van der Waals surface area contributed by atoms with E-state index in [1.54, 1.807) is 19.1 Å². The van der Waals surface area contributed by atoms with Gasteiger partial charge in [0.2, 0.25) is 5.91 Å². The Bertz CT molecular complexity index is 386. The second kappa shape index (κ2) is 6.52. The number of carbonyl (C=O) groups excluding carboxylic acids is 2. The van der Waals surface area contributed by atoms with Crippen molar-refractivity contribution in [2.24, 2.45) is 0 Å². The first-order chi connectivity index (χ1) is 8.11. The van der Waals surface area contributed by atoms with Crippen LogP contribution in [0, 0.1) is 0 Å². The van der Waals surface area contributed by atoms with E-state index in [4.69, 9.17) is 5.11 Å². The SMILES string of the molecule is CCOC(=O)CC(=O)NCc1ccc(O)cc1. The van der Waals surface area contributed by atoms with E-state index in [1.807, 2.05) is 0 Å². The Morgan fingerprint density at radius 2 is 1.94 bits per heavy atom. The van der Waals surface area contributed by atoms with Gasteiger partial charge in [-0.05, 0) is 24.6 Å². The first kappa shape index (κ1) is 13.0. The highest BCUT2D eigenvalue weighted by Gasteiger charge is 2.09. The van der Waals surface area contributed by atoms with Gasteiger partial charge in [-0.15, -0.1) is 0 Å². The first-order valence-electron chi connectivity index (χ1n) is 5.32. The molecule has 0 heterocycles. The van der Waals surface area contributed by atoms with Crippen molar-refractivity contribution >= 4 is 11.9 Å². The van der Waals surface area contributed by atoms with E-state index >= 15 is 0 Å². The summed E-state index contributed by atoms with van der Waals surface area (Å²) in [4.78, 5) is 22.3. The summed E-state index contributed by atoms with van der Waals surface area (Å²) in [7, 11) is 0. The standard InChI is InChI=1S/C12H15NO4/c1-2-17-12(16)7-11(15)13-8-9-3-5-10(14)6-4-9/h3-6,14H,2,7-8H2,1H3,(H,13,15). The minimum Gasteiger partial charge on any atom is -0.508 e. The van der Waals surface area contributed by atoms with Gasteiger partial charge in [0.1, 0.15) is 12.2 Å². The van der Waals surface area contributed by atoms with Crippen molar-refractivity contribution in [2.45, 2.75) is 19.9 Å². The zero-order chi connectivity index (χ0) is 12.7. The van der Waals surface area contributed by atoms with Crippen LogP contribution < -0.4 is 5.32 Å². The average molecular weight is 237 g/mol. The molecule has 17 heavy (non-hydrogen) atoms. The fraction of sp³-hybridized carbons (Fsp3) is 0.333. The first-order valence-corrected chi connectivity index (χ1v) is 5.32. The molecule has 0 aliphatic rings. The normalized spacial score (nSPS) is 9.71. The van der Waals surface area contributed by atoms with Crippen LogP contribution in [0.1, 0.15) is 18.9 Å². The van der Waals surface area contributed by atoms with Gasteiger partial charge in [-0.1, -0.05) is 12.1 Å². The Labute approximate surface area is 99.4 Å². The number of phenolic OH excluding ortho intramolecular Hbond substituents is 1. The monoisotopic (exact) mass is 237 g/mol. The Hall–Kier alpha value is -2.04. The van der Waals surface area contributed by atoms with Crippen molar-refractivity contribution in [3.8, 4) is 5.75 Å². The number of hydrogen-bond acceptors (Lipinski definition) is 4. The lowest BCUT2D eigenvalue weighted by molar-refractivity contribution is -0.146. The van der Waals surface area contributed by atoms with Crippen LogP contribution in [0.2, 0.25) is 0 Å². The molecule has 0 aliphatic heterocycles. The zero-order valence-electron chi connectivity index (χ0n) is 9.60. The molecular weight excluding hydrogens is 222 g/mol. The van der Waals surface area contributed by atoms with Crippen LogP contribution in [0.25, 0.3) is 0 Å². The number of amides is 1. The molecular formula is C12H15NO4. The van der Waals surface area contributed by atoms with Crippen molar-refractivity contribution in [1.29, 1.82) is 0 Å². The van der Waals surface area contributed by atoms with Crippen molar-refractivity contribution in [1.82, 2.24) is 5.32 Å². The van der Waals surface area contributed by atoms with Gasteiger partial charge in [-0.3, -0.25) is 9.59 Å². The Morgan fingerprint density at radius 3 is 2.53 bits per heavy atom. The van der Waals surface area contributed by atoms with Crippen LogP contribution in [-0.4, -0.2) is 23.6 Å². The molecule has 0 saturated heterocycles. The molecule has 2 N–H and O–H groups in total. The predicted octanol–water partition coefficient (Wildman–Crippen LogP) is 0.962. The van der Waals surface area contributed by atoms with Crippen molar-refractivity contribution in [3.05, 3.63) is 29.8 Å². The van der Waals surface area contributed by atoms with Crippen molar-refractivity contribution in [2.75, 3.05) is 6.61 Å². The van der Waals surface area contributed by atoms with Crippen molar-refractivity contribution < 1.29 is 19.4 Å². The maximum atomic E-state index is 11.3. The molecule has 0 aromatic heterocycles. The van der Waals surface area contributed by atoms with Gasteiger partial charge in [0.25, 0.3) is 0 Å². The molecule has 0 atom stereocenters. The van der Waals surface area contributed by atoms with Crippen LogP contribution in [-0.2, 0) is 20.9 Å². The largest absolute Gasteiger partial charge is 0.508 e. The summed E-state index contributed by atoms with van der Waals surface area (Å²) in [5, 5.41) is 11.6. The van der Waals surface area contributed by atoms with Gasteiger partial charge in [0.15, 0.2) is 0 Å². The van der Waals surface area contributed by atoms with Gasteiger partial charge >= 0.3 is 5.97 Å². The number of rotatable bonds is 5. The van der Waals surface area contributed by atoms with Gasteiger partial charge in [-0.25, -0.2) is 0 Å². The Morgan fingerprint density at radius 1 is 1.29 bits per heavy atom. The van der Waals surface area contributed by atoms with E-state index in [2.05, 4.69) is 10.1 Å². The molecule has 5 heteroatoms. The summed E-state index contributed by atoms with van der Waals surface area (Å²) in [6, 6.07) is 6.46. The number of benzene rings is 1. The van der Waals surface area contributed by atoms with Gasteiger partial charge in [0, 0.05) is 6.54 Å². The predicted molar refractivity (Wildman–Crippen MR) is 61.2 cm³/mol. The molecule has 0 unspecified atom stereocenters. The highest BCUT2D eigenvalue weighted by atomic mass is 16.5. The lowest BCUT2D eigenvalue weighted by Gasteiger charge is -2.05. The summed E-state index contributed by atoms with van der Waals surface area (Å²) < 4.78 is 4.65. The quantitative estimate of drug-likeness (QED) is 0.591. The smallest absolute Gasteiger partial charge is 0.315 e. The van der Waals surface area contributed by atoms with Crippen LogP contribution in [0.3, 0.4) is 0 Å². The van der Waals surface area contributed by atoms with Crippen molar-refractivity contribution in [3.63, 3.8) is 0 Å². The summed E-state index contributed by atoms with van der Waals surface area (Å²) in [5.41, 5.74) is 0.847. The third-order valence-corrected chi connectivity index (χ3v) is 2.04. The third kappa shape index (κ3) is 5.01. The number of carbonyl (C=O) groups is 2. The minimum absolute atomic E-state index is 0.173. The average Bonchev–Trinajstić information content (AvgIpc) is 2.28. The highest BCUT2D eigenvalue weighted by molar-refractivity contribution is 5.94. The Balaban J connectivity index is 2.33. The number of nitrogens with one attached hydrogen (secondary N) is 1. The topological polar surface area (TPSA) is 75.6 Å².